The molecule has 2 aromatic heterocycles. The maximum Gasteiger partial charge on any atom is 0.271 e. The van der Waals surface area contributed by atoms with E-state index in [9.17, 15) is 8.42 Å². The predicted octanol–water partition coefficient (Wildman–Crippen LogP) is 3.21. The van der Waals surface area contributed by atoms with E-state index in [1.54, 1.807) is 41.8 Å². The first-order valence-corrected chi connectivity index (χ1v) is 8.62. The number of para-hydroxylation sites is 2. The van der Waals surface area contributed by atoms with Crippen molar-refractivity contribution in [2.45, 2.75) is 4.21 Å². The summed E-state index contributed by atoms with van der Waals surface area (Å²) in [5, 5.41) is 5.31. The monoisotopic (exact) mass is 336 g/mol. The number of methoxy groups -OCH3 is 1. The normalized spacial score (nSPS) is 11.3. The molecule has 6 nitrogen and oxygen atoms in total. The van der Waals surface area contributed by atoms with Crippen molar-refractivity contribution in [1.82, 2.24) is 5.16 Å². The van der Waals surface area contributed by atoms with Crippen molar-refractivity contribution in [3.63, 3.8) is 0 Å². The van der Waals surface area contributed by atoms with Crippen molar-refractivity contribution in [1.29, 1.82) is 0 Å². The SMILES string of the molecule is COc1ccccc1NS(=O)(=O)c1cc(-c2ccno2)cs1. The summed E-state index contributed by atoms with van der Waals surface area (Å²) in [6, 6.07) is 10.0. The molecule has 1 N–H and O–H groups in total. The lowest BCUT2D eigenvalue weighted by molar-refractivity contribution is 0.417. The molecule has 3 rings (SSSR count). The van der Waals surface area contributed by atoms with Crippen LogP contribution in [0.1, 0.15) is 0 Å². The summed E-state index contributed by atoms with van der Waals surface area (Å²) < 4.78 is 37.8. The van der Waals surface area contributed by atoms with E-state index in [0.29, 0.717) is 22.8 Å². The van der Waals surface area contributed by atoms with E-state index in [1.807, 2.05) is 0 Å². The topological polar surface area (TPSA) is 81.4 Å². The molecular formula is C14H12N2O4S2. The number of anilines is 1. The Kier molecular flexibility index (Phi) is 3.86. The first kappa shape index (κ1) is 14.6. The van der Waals surface area contributed by atoms with Gasteiger partial charge in [0.25, 0.3) is 10.0 Å². The van der Waals surface area contributed by atoms with Gasteiger partial charge in [0.05, 0.1) is 19.0 Å². The summed E-state index contributed by atoms with van der Waals surface area (Å²) in [5.74, 6) is 0.980. The minimum atomic E-state index is -3.69. The van der Waals surface area contributed by atoms with Gasteiger partial charge in [-0.3, -0.25) is 4.72 Å². The second-order valence-electron chi connectivity index (χ2n) is 4.34. The van der Waals surface area contributed by atoms with E-state index in [4.69, 9.17) is 9.26 Å². The van der Waals surface area contributed by atoms with Gasteiger partial charge in [0.15, 0.2) is 5.76 Å². The molecule has 0 saturated heterocycles. The number of hydrogen-bond acceptors (Lipinski definition) is 6. The van der Waals surface area contributed by atoms with E-state index in [2.05, 4.69) is 9.88 Å². The van der Waals surface area contributed by atoms with Crippen LogP contribution in [0.5, 0.6) is 5.75 Å². The zero-order chi connectivity index (χ0) is 15.6. The highest BCUT2D eigenvalue weighted by atomic mass is 32.2. The Hall–Kier alpha value is -2.32. The van der Waals surface area contributed by atoms with Crippen molar-refractivity contribution >= 4 is 27.0 Å². The van der Waals surface area contributed by atoms with E-state index in [-0.39, 0.29) is 4.21 Å². The van der Waals surface area contributed by atoms with Gasteiger partial charge in [-0.15, -0.1) is 11.3 Å². The highest BCUT2D eigenvalue weighted by Gasteiger charge is 2.19. The van der Waals surface area contributed by atoms with Crippen LogP contribution in [0, 0.1) is 0 Å². The molecule has 0 saturated carbocycles. The zero-order valence-corrected chi connectivity index (χ0v) is 13.1. The van der Waals surface area contributed by atoms with Crippen LogP contribution in [0.2, 0.25) is 0 Å². The Balaban J connectivity index is 1.90. The van der Waals surface area contributed by atoms with Gasteiger partial charge in [0.2, 0.25) is 0 Å². The van der Waals surface area contributed by atoms with Crippen molar-refractivity contribution < 1.29 is 17.7 Å². The summed E-state index contributed by atoms with van der Waals surface area (Å²) in [5.41, 5.74) is 1.06. The third-order valence-corrected chi connectivity index (χ3v) is 5.72. The van der Waals surface area contributed by atoms with Gasteiger partial charge >= 0.3 is 0 Å². The van der Waals surface area contributed by atoms with Crippen molar-refractivity contribution in [3.8, 4) is 17.1 Å². The third-order valence-electron chi connectivity index (χ3n) is 2.91. The average molecular weight is 336 g/mol. The Morgan fingerprint density at radius 2 is 2.09 bits per heavy atom. The van der Waals surface area contributed by atoms with E-state index < -0.39 is 10.0 Å². The lowest BCUT2D eigenvalue weighted by Crippen LogP contribution is -2.12. The minimum Gasteiger partial charge on any atom is -0.495 e. The van der Waals surface area contributed by atoms with Crippen LogP contribution in [0.3, 0.4) is 0 Å². The molecule has 114 valence electrons. The van der Waals surface area contributed by atoms with Crippen LogP contribution in [0.25, 0.3) is 11.3 Å². The molecule has 0 aliphatic carbocycles. The fraction of sp³-hybridized carbons (Fsp3) is 0.0714. The number of sulfonamides is 1. The zero-order valence-electron chi connectivity index (χ0n) is 11.5. The van der Waals surface area contributed by atoms with Crippen LogP contribution in [-0.4, -0.2) is 20.7 Å². The molecule has 0 radical (unpaired) electrons. The lowest BCUT2D eigenvalue weighted by atomic mass is 10.3. The number of benzene rings is 1. The summed E-state index contributed by atoms with van der Waals surface area (Å²) in [6.07, 6.45) is 1.51. The molecule has 22 heavy (non-hydrogen) atoms. The number of hydrogen-bond donors (Lipinski definition) is 1. The largest absolute Gasteiger partial charge is 0.495 e. The number of ether oxygens (including phenoxy) is 1. The van der Waals surface area contributed by atoms with Crippen molar-refractivity contribution in [2.24, 2.45) is 0 Å². The molecule has 0 spiro atoms. The Labute approximate surface area is 131 Å². The quantitative estimate of drug-likeness (QED) is 0.774. The highest BCUT2D eigenvalue weighted by Crippen LogP contribution is 2.31. The second kappa shape index (κ2) is 5.82. The molecule has 1 aromatic carbocycles. The first-order chi connectivity index (χ1) is 10.6. The van der Waals surface area contributed by atoms with E-state index in [1.165, 1.54) is 13.3 Å². The van der Waals surface area contributed by atoms with Crippen LogP contribution in [-0.2, 0) is 10.0 Å². The molecule has 3 aromatic rings. The van der Waals surface area contributed by atoms with Gasteiger partial charge in [0.1, 0.15) is 9.96 Å². The molecule has 8 heteroatoms. The summed E-state index contributed by atoms with van der Waals surface area (Å²) in [6.45, 7) is 0. The van der Waals surface area contributed by atoms with Crippen LogP contribution in [0.15, 0.2) is 56.7 Å². The molecule has 0 atom stereocenters. The first-order valence-electron chi connectivity index (χ1n) is 6.25. The highest BCUT2D eigenvalue weighted by molar-refractivity contribution is 7.94. The number of rotatable bonds is 5. The van der Waals surface area contributed by atoms with Crippen LogP contribution in [0.4, 0.5) is 5.69 Å². The van der Waals surface area contributed by atoms with Gasteiger partial charge in [-0.2, -0.15) is 0 Å². The molecule has 0 amide bonds. The fourth-order valence-corrected chi connectivity index (χ4v) is 4.11. The van der Waals surface area contributed by atoms with Gasteiger partial charge < -0.3 is 9.26 Å². The molecule has 0 bridgehead atoms. The number of nitrogens with one attached hydrogen (secondary N) is 1. The summed E-state index contributed by atoms with van der Waals surface area (Å²) in [7, 11) is -2.20. The molecule has 0 fully saturated rings. The Morgan fingerprint density at radius 3 is 2.82 bits per heavy atom. The molecular weight excluding hydrogens is 324 g/mol. The summed E-state index contributed by atoms with van der Waals surface area (Å²) in [4.78, 5) is 0. The average Bonchev–Trinajstić information content (AvgIpc) is 3.18. The lowest BCUT2D eigenvalue weighted by Gasteiger charge is -2.10. The molecule has 0 aliphatic rings. The van der Waals surface area contributed by atoms with Gasteiger partial charge in [-0.25, -0.2) is 8.42 Å². The van der Waals surface area contributed by atoms with Crippen molar-refractivity contribution in [3.05, 3.63) is 48.0 Å². The number of aromatic nitrogens is 1. The van der Waals surface area contributed by atoms with E-state index >= 15 is 0 Å². The standard InChI is InChI=1S/C14H12N2O4S2/c1-19-13-5-3-2-4-11(13)16-22(17,18)14-8-10(9-21-14)12-6-7-15-20-12/h2-9,16H,1H3. The molecule has 0 unspecified atom stereocenters. The van der Waals surface area contributed by atoms with Crippen LogP contribution >= 0.6 is 11.3 Å². The third kappa shape index (κ3) is 2.83. The molecule has 2 heterocycles. The number of thiophene rings is 1. The van der Waals surface area contributed by atoms with E-state index in [0.717, 1.165) is 11.3 Å². The Morgan fingerprint density at radius 1 is 1.27 bits per heavy atom. The Bertz CT molecular complexity index is 870. The molecule has 0 aliphatic heterocycles. The predicted molar refractivity (Wildman–Crippen MR) is 83.6 cm³/mol. The second-order valence-corrected chi connectivity index (χ2v) is 7.16. The van der Waals surface area contributed by atoms with Gasteiger partial charge in [-0.05, 0) is 18.2 Å². The number of nitrogens with zero attached hydrogens (tertiary/aromatic N) is 1. The minimum absolute atomic E-state index is 0.185. The maximum atomic E-state index is 12.5. The van der Waals surface area contributed by atoms with Crippen LogP contribution < -0.4 is 9.46 Å². The maximum absolute atomic E-state index is 12.5. The van der Waals surface area contributed by atoms with Gasteiger partial charge in [0, 0.05) is 17.0 Å². The van der Waals surface area contributed by atoms with Gasteiger partial charge in [-0.1, -0.05) is 17.3 Å². The van der Waals surface area contributed by atoms with Crippen molar-refractivity contribution in [2.75, 3.05) is 11.8 Å². The smallest absolute Gasteiger partial charge is 0.271 e. The fourth-order valence-electron chi connectivity index (χ4n) is 1.88. The summed E-state index contributed by atoms with van der Waals surface area (Å²) >= 11 is 1.11.